The standard InChI is InChI=1S/C10H22NO2/c1-8-9(2)13-10(7-12-8)6-11(3,4)5/h8-10H,6-7H2,1-5H3/q+1/t8-,9-,10-/m1/s1. The molecule has 0 unspecified atom stereocenters. The van der Waals surface area contributed by atoms with Crippen molar-refractivity contribution in [1.82, 2.24) is 0 Å². The Hall–Kier alpha value is -0.120. The maximum absolute atomic E-state index is 5.83. The van der Waals surface area contributed by atoms with Gasteiger partial charge in [-0.25, -0.2) is 0 Å². The number of nitrogens with zero attached hydrogens (tertiary/aromatic N) is 1. The van der Waals surface area contributed by atoms with Crippen molar-refractivity contribution in [1.29, 1.82) is 0 Å². The van der Waals surface area contributed by atoms with Crippen LogP contribution in [0, 0.1) is 0 Å². The van der Waals surface area contributed by atoms with E-state index in [1.165, 1.54) is 0 Å². The molecule has 0 aromatic rings. The van der Waals surface area contributed by atoms with Crippen molar-refractivity contribution in [2.75, 3.05) is 34.3 Å². The van der Waals surface area contributed by atoms with Crippen LogP contribution in [0.25, 0.3) is 0 Å². The van der Waals surface area contributed by atoms with Crippen molar-refractivity contribution >= 4 is 0 Å². The van der Waals surface area contributed by atoms with Crippen molar-refractivity contribution in [3.05, 3.63) is 0 Å². The van der Waals surface area contributed by atoms with Gasteiger partial charge in [-0.15, -0.1) is 0 Å². The van der Waals surface area contributed by atoms with E-state index in [0.717, 1.165) is 17.6 Å². The molecule has 0 aliphatic carbocycles. The van der Waals surface area contributed by atoms with Crippen molar-refractivity contribution in [3.63, 3.8) is 0 Å². The van der Waals surface area contributed by atoms with Crippen LogP contribution >= 0.6 is 0 Å². The molecule has 3 atom stereocenters. The van der Waals surface area contributed by atoms with E-state index in [1.54, 1.807) is 0 Å². The largest absolute Gasteiger partial charge is 0.373 e. The Morgan fingerprint density at radius 3 is 2.23 bits per heavy atom. The summed E-state index contributed by atoms with van der Waals surface area (Å²) in [6, 6.07) is 0. The molecule has 0 radical (unpaired) electrons. The summed E-state index contributed by atoms with van der Waals surface area (Å²) in [6.07, 6.45) is 0.722. The molecule has 78 valence electrons. The number of ether oxygens (including phenoxy) is 2. The van der Waals surface area contributed by atoms with Crippen LogP contribution in [-0.4, -0.2) is 57.1 Å². The highest BCUT2D eigenvalue weighted by molar-refractivity contribution is 4.70. The summed E-state index contributed by atoms with van der Waals surface area (Å²) >= 11 is 0. The third-order valence-corrected chi connectivity index (χ3v) is 2.36. The lowest BCUT2D eigenvalue weighted by molar-refractivity contribution is -0.874. The number of hydrogen-bond donors (Lipinski definition) is 0. The molecule has 1 aliphatic rings. The van der Waals surface area contributed by atoms with Gasteiger partial charge in [0.2, 0.25) is 0 Å². The Bertz CT molecular complexity index is 165. The molecule has 0 aromatic carbocycles. The maximum atomic E-state index is 5.83. The summed E-state index contributed by atoms with van der Waals surface area (Å²) in [5, 5.41) is 0. The number of hydrogen-bond acceptors (Lipinski definition) is 2. The van der Waals surface area contributed by atoms with Crippen LogP contribution in [0.4, 0.5) is 0 Å². The summed E-state index contributed by atoms with van der Waals surface area (Å²) in [5.74, 6) is 0. The lowest BCUT2D eigenvalue weighted by Crippen LogP contribution is -2.49. The fourth-order valence-corrected chi connectivity index (χ4v) is 1.55. The SMILES string of the molecule is C[C@H]1OC[C@@H](C[N+](C)(C)C)O[C@@H]1C. The third-order valence-electron chi connectivity index (χ3n) is 2.36. The Kier molecular flexibility index (Phi) is 3.33. The Morgan fingerprint density at radius 1 is 1.15 bits per heavy atom. The molecule has 1 heterocycles. The van der Waals surface area contributed by atoms with Crippen LogP contribution in [0.1, 0.15) is 13.8 Å². The zero-order valence-electron chi connectivity index (χ0n) is 9.41. The average Bonchev–Trinajstić information content (AvgIpc) is 1.94. The molecule has 0 spiro atoms. The van der Waals surface area contributed by atoms with Gasteiger partial charge in [-0.2, -0.15) is 0 Å². The van der Waals surface area contributed by atoms with Crippen LogP contribution in [-0.2, 0) is 9.47 Å². The van der Waals surface area contributed by atoms with E-state index in [-0.39, 0.29) is 18.3 Å². The maximum Gasteiger partial charge on any atom is 0.130 e. The van der Waals surface area contributed by atoms with Gasteiger partial charge in [0, 0.05) is 0 Å². The van der Waals surface area contributed by atoms with E-state index in [0.29, 0.717) is 0 Å². The fourth-order valence-electron chi connectivity index (χ4n) is 1.55. The van der Waals surface area contributed by atoms with Crippen molar-refractivity contribution in [2.24, 2.45) is 0 Å². The van der Waals surface area contributed by atoms with Gasteiger partial charge in [-0.05, 0) is 13.8 Å². The monoisotopic (exact) mass is 188 g/mol. The minimum atomic E-state index is 0.227. The highest BCUT2D eigenvalue weighted by atomic mass is 16.6. The predicted molar refractivity (Wildman–Crippen MR) is 52.6 cm³/mol. The minimum absolute atomic E-state index is 0.227. The topological polar surface area (TPSA) is 18.5 Å². The zero-order chi connectivity index (χ0) is 10.1. The summed E-state index contributed by atoms with van der Waals surface area (Å²) in [7, 11) is 6.52. The molecular formula is C10H22NO2+. The molecule has 0 saturated carbocycles. The molecule has 0 amide bonds. The van der Waals surface area contributed by atoms with Gasteiger partial charge in [0.15, 0.2) is 0 Å². The van der Waals surface area contributed by atoms with Gasteiger partial charge in [0.1, 0.15) is 12.6 Å². The first-order valence-corrected chi connectivity index (χ1v) is 4.96. The quantitative estimate of drug-likeness (QED) is 0.599. The summed E-state index contributed by atoms with van der Waals surface area (Å²) < 4.78 is 12.4. The highest BCUT2D eigenvalue weighted by Crippen LogP contribution is 2.15. The van der Waals surface area contributed by atoms with Gasteiger partial charge in [-0.3, -0.25) is 0 Å². The molecule has 1 fully saturated rings. The van der Waals surface area contributed by atoms with Gasteiger partial charge >= 0.3 is 0 Å². The molecule has 0 aromatic heterocycles. The van der Waals surface area contributed by atoms with E-state index in [1.807, 2.05) is 0 Å². The first-order chi connectivity index (χ1) is 5.88. The highest BCUT2D eigenvalue weighted by Gasteiger charge is 2.29. The van der Waals surface area contributed by atoms with Crippen LogP contribution in [0.3, 0.4) is 0 Å². The Morgan fingerprint density at radius 2 is 1.77 bits per heavy atom. The number of likely N-dealkylation sites (N-methyl/N-ethyl adjacent to an activating group) is 1. The first kappa shape index (κ1) is 11.0. The number of quaternary nitrogens is 1. The van der Waals surface area contributed by atoms with Gasteiger partial charge in [0.05, 0.1) is 40.0 Å². The van der Waals surface area contributed by atoms with Crippen molar-refractivity contribution in [3.8, 4) is 0 Å². The third kappa shape index (κ3) is 3.63. The minimum Gasteiger partial charge on any atom is -0.373 e. The molecule has 3 nitrogen and oxygen atoms in total. The summed E-state index contributed by atoms with van der Waals surface area (Å²) in [5.41, 5.74) is 0. The Labute approximate surface area is 81.2 Å². The molecule has 0 bridgehead atoms. The second kappa shape index (κ2) is 3.95. The van der Waals surface area contributed by atoms with E-state index >= 15 is 0 Å². The summed E-state index contributed by atoms with van der Waals surface area (Å²) in [6.45, 7) is 5.89. The van der Waals surface area contributed by atoms with Gasteiger partial charge in [0.25, 0.3) is 0 Å². The number of rotatable bonds is 2. The second-order valence-electron chi connectivity index (χ2n) is 4.97. The molecule has 0 N–H and O–H groups in total. The second-order valence-corrected chi connectivity index (χ2v) is 4.97. The average molecular weight is 188 g/mol. The molecule has 1 saturated heterocycles. The van der Waals surface area contributed by atoms with E-state index in [2.05, 4.69) is 35.0 Å². The van der Waals surface area contributed by atoms with Crippen molar-refractivity contribution < 1.29 is 14.0 Å². The molecule has 3 heteroatoms. The smallest absolute Gasteiger partial charge is 0.130 e. The fraction of sp³-hybridized carbons (Fsp3) is 1.00. The molecular weight excluding hydrogens is 166 g/mol. The molecule has 1 rings (SSSR count). The van der Waals surface area contributed by atoms with Crippen LogP contribution < -0.4 is 0 Å². The van der Waals surface area contributed by atoms with Crippen LogP contribution in [0.15, 0.2) is 0 Å². The summed E-state index contributed by atoms with van der Waals surface area (Å²) in [4.78, 5) is 0. The molecule has 13 heavy (non-hydrogen) atoms. The van der Waals surface area contributed by atoms with E-state index < -0.39 is 0 Å². The van der Waals surface area contributed by atoms with Crippen LogP contribution in [0.2, 0.25) is 0 Å². The van der Waals surface area contributed by atoms with Gasteiger partial charge in [-0.1, -0.05) is 0 Å². The predicted octanol–water partition coefficient (Wildman–Crippen LogP) is 0.885. The van der Waals surface area contributed by atoms with Crippen LogP contribution in [0.5, 0.6) is 0 Å². The zero-order valence-corrected chi connectivity index (χ0v) is 9.41. The van der Waals surface area contributed by atoms with Crippen molar-refractivity contribution in [2.45, 2.75) is 32.2 Å². The van der Waals surface area contributed by atoms with E-state index in [9.17, 15) is 0 Å². The van der Waals surface area contributed by atoms with E-state index in [4.69, 9.17) is 9.47 Å². The Balaban J connectivity index is 2.38. The molecule has 1 aliphatic heterocycles. The lowest BCUT2D eigenvalue weighted by Gasteiger charge is -2.36. The lowest BCUT2D eigenvalue weighted by atomic mass is 10.2. The van der Waals surface area contributed by atoms with Gasteiger partial charge < -0.3 is 14.0 Å². The first-order valence-electron chi connectivity index (χ1n) is 4.96. The normalized spacial score (nSPS) is 36.2.